The zero-order valence-electron chi connectivity index (χ0n) is 10.5. The van der Waals surface area contributed by atoms with E-state index in [0.29, 0.717) is 16.0 Å². The van der Waals surface area contributed by atoms with E-state index in [4.69, 9.17) is 16.0 Å². The van der Waals surface area contributed by atoms with Crippen LogP contribution in [0.2, 0.25) is 5.02 Å². The first kappa shape index (κ1) is 16.1. The summed E-state index contributed by atoms with van der Waals surface area (Å²) in [4.78, 5) is 0. The number of aliphatic hydroxyl groups is 1. The first-order valence-corrected chi connectivity index (χ1v) is 6.29. The lowest BCUT2D eigenvalue weighted by molar-refractivity contribution is -0.171. The van der Waals surface area contributed by atoms with Gasteiger partial charge in [-0.15, -0.1) is 0 Å². The summed E-state index contributed by atoms with van der Waals surface area (Å²) in [5.41, 5.74) is 0.339. The summed E-state index contributed by atoms with van der Waals surface area (Å²) in [6.07, 6.45) is -5.18. The van der Waals surface area contributed by atoms with E-state index >= 15 is 0 Å². The maximum absolute atomic E-state index is 12.6. The highest BCUT2D eigenvalue weighted by Gasteiger charge is 2.41. The molecule has 0 aliphatic carbocycles. The van der Waals surface area contributed by atoms with Crippen LogP contribution in [0, 0.1) is 0 Å². The third kappa shape index (κ3) is 3.66. The number of fused-ring (bicyclic) bond motifs is 1. The molecule has 21 heavy (non-hydrogen) atoms. The Morgan fingerprint density at radius 1 is 1.33 bits per heavy atom. The molecule has 0 aliphatic heterocycles. The van der Waals surface area contributed by atoms with E-state index in [-0.39, 0.29) is 5.76 Å². The number of furan rings is 1. The number of para-hydroxylation sites is 1. The topological polar surface area (TPSA) is 42.6 Å². The van der Waals surface area contributed by atoms with Crippen LogP contribution in [0.1, 0.15) is 11.9 Å². The lowest BCUT2D eigenvalue weighted by Gasteiger charge is -2.16. The molecule has 1 atom stereocenters. The highest BCUT2D eigenvalue weighted by atomic mass is 35.5. The zero-order valence-corrected chi connectivity index (χ0v) is 11.3. The van der Waals surface area contributed by atoms with E-state index in [0.717, 1.165) is 0 Å². The van der Waals surface area contributed by atoms with Crippen molar-refractivity contribution in [3.63, 3.8) is 0 Å². The molecular weight excluding hydrogens is 316 g/mol. The second kappa shape index (κ2) is 6.21. The molecule has 1 heterocycles. The third-order valence-electron chi connectivity index (χ3n) is 2.73. The largest absolute Gasteiger partial charge is 0.457 e. The lowest BCUT2D eigenvalue weighted by Crippen LogP contribution is -2.33. The molecule has 0 radical (unpaired) electrons. The Labute approximate surface area is 122 Å². The van der Waals surface area contributed by atoms with Crippen molar-refractivity contribution in [2.75, 3.05) is 13.2 Å². The maximum Gasteiger partial charge on any atom is 0.330 e. The van der Waals surface area contributed by atoms with Crippen molar-refractivity contribution in [1.29, 1.82) is 0 Å². The summed E-state index contributed by atoms with van der Waals surface area (Å²) in [5.74, 6) is -4.20. The third-order valence-corrected chi connectivity index (χ3v) is 3.03. The van der Waals surface area contributed by atoms with Crippen molar-refractivity contribution in [3.8, 4) is 0 Å². The number of halogens is 5. The van der Waals surface area contributed by atoms with Crippen molar-refractivity contribution >= 4 is 22.6 Å². The Kier molecular flexibility index (Phi) is 4.75. The Balaban J connectivity index is 1.99. The number of rotatable bonds is 6. The molecule has 2 rings (SSSR count). The molecule has 116 valence electrons. The van der Waals surface area contributed by atoms with Crippen molar-refractivity contribution in [3.05, 3.63) is 35.0 Å². The Morgan fingerprint density at radius 3 is 2.67 bits per heavy atom. The van der Waals surface area contributed by atoms with Crippen molar-refractivity contribution < 1.29 is 31.8 Å². The average Bonchev–Trinajstić information content (AvgIpc) is 2.83. The molecule has 0 aliphatic rings. The molecule has 0 spiro atoms. The van der Waals surface area contributed by atoms with Gasteiger partial charge < -0.3 is 14.3 Å². The summed E-state index contributed by atoms with van der Waals surface area (Å²) in [6, 6.07) is 6.42. The van der Waals surface area contributed by atoms with Gasteiger partial charge >= 0.3 is 12.3 Å². The molecule has 0 bridgehead atoms. The fraction of sp³-hybridized carbons (Fsp3) is 0.385. The number of hydrogen-bond donors (Lipinski definition) is 1. The SMILES string of the molecule is OC(COCC(F)(F)C(F)F)c1cc2cccc(Cl)c2o1. The maximum atomic E-state index is 12.6. The predicted molar refractivity (Wildman–Crippen MR) is 68.0 cm³/mol. The van der Waals surface area contributed by atoms with Crippen LogP contribution >= 0.6 is 11.6 Å². The van der Waals surface area contributed by atoms with Gasteiger partial charge in [-0.25, -0.2) is 8.78 Å². The normalized spacial score (nSPS) is 14.0. The minimum Gasteiger partial charge on any atom is -0.457 e. The molecule has 0 fully saturated rings. The number of hydrogen-bond acceptors (Lipinski definition) is 3. The Hall–Kier alpha value is -1.31. The molecule has 1 unspecified atom stereocenters. The highest BCUT2D eigenvalue weighted by molar-refractivity contribution is 6.34. The average molecular weight is 327 g/mol. The van der Waals surface area contributed by atoms with Gasteiger partial charge in [-0.2, -0.15) is 8.78 Å². The molecular formula is C13H11ClF4O3. The van der Waals surface area contributed by atoms with Crippen LogP contribution in [0.5, 0.6) is 0 Å². The van der Waals surface area contributed by atoms with Gasteiger partial charge in [-0.3, -0.25) is 0 Å². The molecule has 0 saturated heterocycles. The first-order valence-electron chi connectivity index (χ1n) is 5.91. The second-order valence-corrected chi connectivity index (χ2v) is 4.81. The van der Waals surface area contributed by atoms with Crippen LogP contribution in [-0.2, 0) is 4.74 Å². The predicted octanol–water partition coefficient (Wildman–Crippen LogP) is 4.04. The van der Waals surface area contributed by atoms with Crippen LogP contribution in [0.15, 0.2) is 28.7 Å². The Morgan fingerprint density at radius 2 is 2.05 bits per heavy atom. The van der Waals surface area contributed by atoms with E-state index in [2.05, 4.69) is 4.74 Å². The van der Waals surface area contributed by atoms with Crippen molar-refractivity contribution in [2.24, 2.45) is 0 Å². The molecule has 1 aromatic carbocycles. The molecule has 1 aromatic heterocycles. The molecule has 1 N–H and O–H groups in total. The lowest BCUT2D eigenvalue weighted by atomic mass is 10.2. The highest BCUT2D eigenvalue weighted by Crippen LogP contribution is 2.30. The standard InChI is InChI=1S/C13H11ClF4O3/c14-8-3-1-2-7-4-10(21-11(7)8)9(19)5-20-6-13(17,18)12(15)16/h1-4,9,12,19H,5-6H2. The van der Waals surface area contributed by atoms with E-state index in [1.807, 2.05) is 0 Å². The summed E-state index contributed by atoms with van der Waals surface area (Å²) < 4.78 is 58.8. The van der Waals surface area contributed by atoms with E-state index in [1.54, 1.807) is 18.2 Å². The summed E-state index contributed by atoms with van der Waals surface area (Å²) in [5, 5.41) is 10.7. The quantitative estimate of drug-likeness (QED) is 0.815. The summed E-state index contributed by atoms with van der Waals surface area (Å²) in [6.45, 7) is -2.08. The fourth-order valence-electron chi connectivity index (χ4n) is 1.66. The van der Waals surface area contributed by atoms with Gasteiger partial charge in [-0.1, -0.05) is 23.7 Å². The van der Waals surface area contributed by atoms with Crippen LogP contribution in [0.3, 0.4) is 0 Å². The van der Waals surface area contributed by atoms with Crippen molar-refractivity contribution in [2.45, 2.75) is 18.5 Å². The smallest absolute Gasteiger partial charge is 0.330 e. The van der Waals surface area contributed by atoms with Crippen LogP contribution < -0.4 is 0 Å². The number of alkyl halides is 4. The molecule has 2 aromatic rings. The monoisotopic (exact) mass is 326 g/mol. The molecule has 0 saturated carbocycles. The van der Waals surface area contributed by atoms with Crippen molar-refractivity contribution in [1.82, 2.24) is 0 Å². The first-order chi connectivity index (χ1) is 9.81. The van der Waals surface area contributed by atoms with Gasteiger partial charge in [0.05, 0.1) is 11.6 Å². The van der Waals surface area contributed by atoms with Crippen LogP contribution in [-0.4, -0.2) is 30.7 Å². The fourth-order valence-corrected chi connectivity index (χ4v) is 1.88. The van der Waals surface area contributed by atoms with Gasteiger partial charge in [0.25, 0.3) is 0 Å². The summed E-state index contributed by atoms with van der Waals surface area (Å²) >= 11 is 5.88. The minimum atomic E-state index is -4.25. The number of benzene rings is 1. The summed E-state index contributed by atoms with van der Waals surface area (Å²) in [7, 11) is 0. The number of aliphatic hydroxyl groups excluding tert-OH is 1. The van der Waals surface area contributed by atoms with E-state index in [9.17, 15) is 22.7 Å². The second-order valence-electron chi connectivity index (χ2n) is 4.40. The van der Waals surface area contributed by atoms with E-state index < -0.39 is 31.7 Å². The molecule has 0 amide bonds. The molecule has 3 nitrogen and oxygen atoms in total. The van der Waals surface area contributed by atoms with Crippen LogP contribution in [0.25, 0.3) is 11.0 Å². The van der Waals surface area contributed by atoms with E-state index in [1.165, 1.54) is 6.07 Å². The van der Waals surface area contributed by atoms with Gasteiger partial charge in [0.1, 0.15) is 18.5 Å². The van der Waals surface area contributed by atoms with Crippen LogP contribution in [0.4, 0.5) is 17.6 Å². The van der Waals surface area contributed by atoms with Gasteiger partial charge in [0, 0.05) is 5.39 Å². The number of ether oxygens (including phenoxy) is 1. The zero-order chi connectivity index (χ0) is 15.6. The van der Waals surface area contributed by atoms with Gasteiger partial charge in [0.15, 0.2) is 5.58 Å². The minimum absolute atomic E-state index is 0.0541. The van der Waals surface area contributed by atoms with Gasteiger partial charge in [-0.05, 0) is 12.1 Å². The van der Waals surface area contributed by atoms with Gasteiger partial charge in [0.2, 0.25) is 0 Å². The molecule has 8 heteroatoms. The Bertz CT molecular complexity index is 614.